The molecule has 1 saturated heterocycles. The maximum Gasteiger partial charge on any atom is 0.223 e. The molecule has 25 heavy (non-hydrogen) atoms. The highest BCUT2D eigenvalue weighted by Gasteiger charge is 2.19. The van der Waals surface area contributed by atoms with E-state index < -0.39 is 0 Å². The quantitative estimate of drug-likeness (QED) is 0.759. The molecule has 130 valence electrons. The van der Waals surface area contributed by atoms with Crippen molar-refractivity contribution in [2.75, 3.05) is 18.5 Å². The maximum absolute atomic E-state index is 5.77. The number of nitrogens with one attached hydrogen (secondary N) is 1. The van der Waals surface area contributed by atoms with Crippen molar-refractivity contribution < 1.29 is 13.7 Å². The second-order valence-corrected chi connectivity index (χ2v) is 6.21. The van der Waals surface area contributed by atoms with Gasteiger partial charge in [-0.2, -0.15) is 0 Å². The highest BCUT2D eigenvalue weighted by atomic mass is 16.5. The minimum atomic E-state index is 0.217. The maximum atomic E-state index is 5.77. The van der Waals surface area contributed by atoms with Crippen molar-refractivity contribution in [3.05, 3.63) is 35.9 Å². The third-order valence-electron chi connectivity index (χ3n) is 4.17. The lowest BCUT2D eigenvalue weighted by Crippen LogP contribution is -2.19. The summed E-state index contributed by atoms with van der Waals surface area (Å²) < 4.78 is 16.8. The number of rotatable bonds is 5. The van der Waals surface area contributed by atoms with Gasteiger partial charge in [0, 0.05) is 25.4 Å². The lowest BCUT2D eigenvalue weighted by molar-refractivity contribution is 0.120. The summed E-state index contributed by atoms with van der Waals surface area (Å²) in [6.07, 6.45) is 4.12. The molecule has 1 aliphatic rings. The Labute approximate surface area is 145 Å². The summed E-state index contributed by atoms with van der Waals surface area (Å²) in [4.78, 5) is 9.05. The zero-order valence-corrected chi connectivity index (χ0v) is 14.3. The van der Waals surface area contributed by atoms with Crippen molar-refractivity contribution in [3.63, 3.8) is 0 Å². The topological polar surface area (TPSA) is 86.2 Å². The number of ether oxygens (including phenoxy) is 1. The predicted molar refractivity (Wildman–Crippen MR) is 92.2 cm³/mol. The van der Waals surface area contributed by atoms with Crippen LogP contribution in [-0.4, -0.2) is 34.4 Å². The number of hydrogen-bond acceptors (Lipinski definition) is 7. The molecule has 4 rings (SSSR count). The van der Waals surface area contributed by atoms with Gasteiger partial charge in [0.1, 0.15) is 11.5 Å². The number of nitrogens with zero attached hydrogens (tertiary/aromatic N) is 3. The summed E-state index contributed by atoms with van der Waals surface area (Å²) in [6, 6.07) is 5.66. The van der Waals surface area contributed by atoms with Crippen molar-refractivity contribution in [2.45, 2.75) is 32.8 Å². The van der Waals surface area contributed by atoms with Gasteiger partial charge in [-0.1, -0.05) is 5.16 Å². The number of furan rings is 1. The fourth-order valence-electron chi connectivity index (χ4n) is 2.90. The summed E-state index contributed by atoms with van der Waals surface area (Å²) in [5.41, 5.74) is 2.23. The molecule has 0 spiro atoms. The average molecular weight is 340 g/mol. The molecule has 0 bridgehead atoms. The van der Waals surface area contributed by atoms with Crippen molar-refractivity contribution >= 4 is 5.95 Å². The van der Waals surface area contributed by atoms with E-state index in [2.05, 4.69) is 20.4 Å². The molecule has 1 atom stereocenters. The molecule has 1 aliphatic heterocycles. The molecule has 0 aromatic carbocycles. The van der Waals surface area contributed by atoms with E-state index in [1.165, 1.54) is 0 Å². The van der Waals surface area contributed by atoms with Gasteiger partial charge in [-0.05, 0) is 38.8 Å². The zero-order valence-electron chi connectivity index (χ0n) is 14.3. The molecule has 4 heterocycles. The van der Waals surface area contributed by atoms with Crippen LogP contribution in [0.4, 0.5) is 5.95 Å². The molecule has 7 heteroatoms. The normalized spacial score (nSPS) is 17.1. The molecule has 0 radical (unpaired) electrons. The highest BCUT2D eigenvalue weighted by molar-refractivity contribution is 5.75. The Bertz CT molecular complexity index is 865. The molecular formula is C18H20N4O3. The Balaban J connectivity index is 1.66. The van der Waals surface area contributed by atoms with Crippen molar-refractivity contribution in [1.82, 2.24) is 15.1 Å². The van der Waals surface area contributed by atoms with Crippen LogP contribution < -0.4 is 5.32 Å². The van der Waals surface area contributed by atoms with Gasteiger partial charge in [-0.15, -0.1) is 0 Å². The Hall–Kier alpha value is -2.67. The van der Waals surface area contributed by atoms with Gasteiger partial charge in [0.2, 0.25) is 5.95 Å². The van der Waals surface area contributed by atoms with Crippen LogP contribution in [-0.2, 0) is 4.74 Å². The second kappa shape index (κ2) is 6.68. The molecule has 1 N–H and O–H groups in total. The summed E-state index contributed by atoms with van der Waals surface area (Å²) in [5.74, 6) is 2.65. The second-order valence-electron chi connectivity index (χ2n) is 6.21. The molecule has 3 aromatic rings. The van der Waals surface area contributed by atoms with E-state index in [9.17, 15) is 0 Å². The summed E-state index contributed by atoms with van der Waals surface area (Å²) >= 11 is 0. The molecule has 0 unspecified atom stereocenters. The Kier molecular flexibility index (Phi) is 4.23. The molecule has 7 nitrogen and oxygen atoms in total. The minimum absolute atomic E-state index is 0.217. The third kappa shape index (κ3) is 3.41. The van der Waals surface area contributed by atoms with E-state index >= 15 is 0 Å². The van der Waals surface area contributed by atoms with Gasteiger partial charge in [0.25, 0.3) is 0 Å². The van der Waals surface area contributed by atoms with E-state index in [1.54, 1.807) is 6.20 Å². The van der Waals surface area contributed by atoms with Gasteiger partial charge < -0.3 is 19.0 Å². The Morgan fingerprint density at radius 1 is 1.24 bits per heavy atom. The van der Waals surface area contributed by atoms with Gasteiger partial charge >= 0.3 is 0 Å². The van der Waals surface area contributed by atoms with Crippen LogP contribution in [0.15, 0.2) is 33.3 Å². The zero-order chi connectivity index (χ0) is 17.2. The van der Waals surface area contributed by atoms with Crippen molar-refractivity contribution in [1.29, 1.82) is 0 Å². The molecule has 0 amide bonds. The largest absolute Gasteiger partial charge is 0.460 e. The first-order valence-electron chi connectivity index (χ1n) is 8.42. The molecule has 1 fully saturated rings. The average Bonchev–Trinajstić information content (AvgIpc) is 3.35. The fraction of sp³-hybridized carbons (Fsp3) is 0.389. The number of aromatic nitrogens is 3. The number of anilines is 1. The SMILES string of the molecule is Cc1cc(-c2cnc(NC[C@H]3CCCO3)nc2-c2ccc(C)o2)on1. The molecular weight excluding hydrogens is 320 g/mol. The van der Waals surface area contributed by atoms with Crippen LogP contribution in [0.5, 0.6) is 0 Å². The lowest BCUT2D eigenvalue weighted by atomic mass is 10.1. The number of aryl methyl sites for hydroxylation is 2. The lowest BCUT2D eigenvalue weighted by Gasteiger charge is -2.12. The summed E-state index contributed by atoms with van der Waals surface area (Å²) in [6.45, 7) is 5.30. The predicted octanol–water partition coefficient (Wildman–Crippen LogP) is 3.60. The molecule has 0 saturated carbocycles. The van der Waals surface area contributed by atoms with Crippen LogP contribution >= 0.6 is 0 Å². The first-order valence-corrected chi connectivity index (χ1v) is 8.42. The van der Waals surface area contributed by atoms with Gasteiger partial charge in [-0.3, -0.25) is 0 Å². The van der Waals surface area contributed by atoms with E-state index in [4.69, 9.17) is 13.7 Å². The van der Waals surface area contributed by atoms with Gasteiger partial charge in [-0.25, -0.2) is 9.97 Å². The standard InChI is InChI=1S/C18H20N4O3/c1-11-8-16(25-22-11)14-10-20-18(19-9-13-4-3-7-23-13)21-17(14)15-6-5-12(2)24-15/h5-6,8,10,13H,3-4,7,9H2,1-2H3,(H,19,20,21)/t13-/m1/s1. The van der Waals surface area contributed by atoms with Gasteiger partial charge in [0.05, 0.1) is 17.4 Å². The van der Waals surface area contributed by atoms with Crippen LogP contribution in [0.2, 0.25) is 0 Å². The Morgan fingerprint density at radius 2 is 2.16 bits per heavy atom. The van der Waals surface area contributed by atoms with E-state index in [1.807, 2.05) is 32.0 Å². The van der Waals surface area contributed by atoms with E-state index in [-0.39, 0.29) is 6.10 Å². The highest BCUT2D eigenvalue weighted by Crippen LogP contribution is 2.32. The Morgan fingerprint density at radius 3 is 2.84 bits per heavy atom. The van der Waals surface area contributed by atoms with Crippen LogP contribution in [0.1, 0.15) is 24.3 Å². The van der Waals surface area contributed by atoms with Crippen molar-refractivity contribution in [3.8, 4) is 22.8 Å². The smallest absolute Gasteiger partial charge is 0.223 e. The summed E-state index contributed by atoms with van der Waals surface area (Å²) in [5, 5.41) is 7.20. The van der Waals surface area contributed by atoms with Crippen LogP contribution in [0.3, 0.4) is 0 Å². The third-order valence-corrected chi connectivity index (χ3v) is 4.17. The van der Waals surface area contributed by atoms with Crippen molar-refractivity contribution in [2.24, 2.45) is 0 Å². The molecule has 0 aliphatic carbocycles. The van der Waals surface area contributed by atoms with E-state index in [0.717, 1.165) is 36.5 Å². The monoisotopic (exact) mass is 340 g/mol. The van der Waals surface area contributed by atoms with Gasteiger partial charge in [0.15, 0.2) is 11.5 Å². The first-order chi connectivity index (χ1) is 12.2. The number of hydrogen-bond donors (Lipinski definition) is 1. The van der Waals surface area contributed by atoms with E-state index in [0.29, 0.717) is 29.7 Å². The van der Waals surface area contributed by atoms with Crippen LogP contribution in [0.25, 0.3) is 22.8 Å². The fourth-order valence-corrected chi connectivity index (χ4v) is 2.90. The molecule has 3 aromatic heterocycles. The summed E-state index contributed by atoms with van der Waals surface area (Å²) in [7, 11) is 0. The van der Waals surface area contributed by atoms with Crippen LogP contribution in [0, 0.1) is 13.8 Å². The first kappa shape index (κ1) is 15.8. The minimum Gasteiger partial charge on any atom is -0.460 e.